The minimum atomic E-state index is -0.0648. The molecule has 3 rings (SSSR count). The van der Waals surface area contributed by atoms with E-state index < -0.39 is 0 Å². The van der Waals surface area contributed by atoms with Gasteiger partial charge in [0.15, 0.2) is 0 Å². The molecule has 0 aliphatic heterocycles. The zero-order valence-electron chi connectivity index (χ0n) is 12.4. The van der Waals surface area contributed by atoms with E-state index >= 15 is 0 Å². The number of aryl methyl sites for hydroxylation is 2. The first kappa shape index (κ1) is 13.7. The Hall–Kier alpha value is -2.26. The number of rotatable bonds is 3. The largest absolute Gasteiger partial charge is 0.324 e. The van der Waals surface area contributed by atoms with E-state index in [1.165, 1.54) is 16.3 Å². The van der Waals surface area contributed by atoms with Crippen LogP contribution in [0.3, 0.4) is 0 Å². The standard InChI is InChI=1S/C18H19N3/c1-12-10-17(13(2)21-20-12)18(19)11-15-8-5-7-14-6-3-4-9-16(14)15/h3-10,18H,11,19H2,1-2H3. The van der Waals surface area contributed by atoms with Crippen molar-refractivity contribution in [2.24, 2.45) is 5.73 Å². The van der Waals surface area contributed by atoms with Crippen molar-refractivity contribution in [3.8, 4) is 0 Å². The average molecular weight is 277 g/mol. The summed E-state index contributed by atoms with van der Waals surface area (Å²) in [6.07, 6.45) is 0.799. The van der Waals surface area contributed by atoms with Crippen molar-refractivity contribution in [1.82, 2.24) is 10.2 Å². The van der Waals surface area contributed by atoms with Crippen molar-refractivity contribution in [2.45, 2.75) is 26.3 Å². The van der Waals surface area contributed by atoms with E-state index in [1.54, 1.807) is 0 Å². The molecule has 21 heavy (non-hydrogen) atoms. The molecule has 0 radical (unpaired) electrons. The van der Waals surface area contributed by atoms with Gasteiger partial charge in [-0.2, -0.15) is 10.2 Å². The van der Waals surface area contributed by atoms with Crippen LogP contribution in [0, 0.1) is 13.8 Å². The van der Waals surface area contributed by atoms with E-state index in [9.17, 15) is 0 Å². The van der Waals surface area contributed by atoms with Gasteiger partial charge >= 0.3 is 0 Å². The predicted molar refractivity (Wildman–Crippen MR) is 86.1 cm³/mol. The number of nitrogens with zero attached hydrogens (tertiary/aromatic N) is 2. The van der Waals surface area contributed by atoms with E-state index in [2.05, 4.69) is 52.7 Å². The van der Waals surface area contributed by atoms with Gasteiger partial charge in [-0.05, 0) is 48.2 Å². The molecule has 1 unspecified atom stereocenters. The highest BCUT2D eigenvalue weighted by atomic mass is 15.1. The molecule has 1 atom stereocenters. The van der Waals surface area contributed by atoms with Crippen LogP contribution in [-0.2, 0) is 6.42 Å². The van der Waals surface area contributed by atoms with Crippen LogP contribution in [0.1, 0.15) is 28.6 Å². The zero-order chi connectivity index (χ0) is 14.8. The summed E-state index contributed by atoms with van der Waals surface area (Å²) in [6.45, 7) is 3.91. The topological polar surface area (TPSA) is 51.8 Å². The van der Waals surface area contributed by atoms with Crippen LogP contribution in [0.2, 0.25) is 0 Å². The third kappa shape index (κ3) is 2.78. The highest BCUT2D eigenvalue weighted by molar-refractivity contribution is 5.85. The van der Waals surface area contributed by atoms with Gasteiger partial charge < -0.3 is 5.73 Å². The maximum Gasteiger partial charge on any atom is 0.0648 e. The minimum Gasteiger partial charge on any atom is -0.324 e. The lowest BCUT2D eigenvalue weighted by Crippen LogP contribution is -2.16. The normalized spacial score (nSPS) is 12.5. The van der Waals surface area contributed by atoms with E-state index in [1.807, 2.05) is 19.9 Å². The monoisotopic (exact) mass is 277 g/mol. The summed E-state index contributed by atoms with van der Waals surface area (Å²) in [5.74, 6) is 0. The molecule has 0 bridgehead atoms. The summed E-state index contributed by atoms with van der Waals surface area (Å²) in [5.41, 5.74) is 10.6. The molecule has 2 aromatic carbocycles. The van der Waals surface area contributed by atoms with Gasteiger partial charge in [0.1, 0.15) is 0 Å². The molecular formula is C18H19N3. The molecule has 3 nitrogen and oxygen atoms in total. The molecule has 0 saturated heterocycles. The van der Waals surface area contributed by atoms with Crippen LogP contribution in [-0.4, -0.2) is 10.2 Å². The van der Waals surface area contributed by atoms with E-state index in [0.717, 1.165) is 23.4 Å². The Bertz CT molecular complexity index is 775. The zero-order valence-corrected chi connectivity index (χ0v) is 12.4. The van der Waals surface area contributed by atoms with Gasteiger partial charge in [0.2, 0.25) is 0 Å². The molecule has 1 heterocycles. The number of hydrogen-bond acceptors (Lipinski definition) is 3. The Morgan fingerprint density at radius 3 is 2.62 bits per heavy atom. The Morgan fingerprint density at radius 2 is 1.76 bits per heavy atom. The predicted octanol–water partition coefficient (Wildman–Crippen LogP) is 3.49. The van der Waals surface area contributed by atoms with Crippen LogP contribution in [0.15, 0.2) is 48.5 Å². The quantitative estimate of drug-likeness (QED) is 0.797. The lowest BCUT2D eigenvalue weighted by atomic mass is 9.95. The van der Waals surface area contributed by atoms with Gasteiger partial charge in [0.25, 0.3) is 0 Å². The van der Waals surface area contributed by atoms with Crippen molar-refractivity contribution in [2.75, 3.05) is 0 Å². The number of benzene rings is 2. The highest BCUT2D eigenvalue weighted by Gasteiger charge is 2.13. The summed E-state index contributed by atoms with van der Waals surface area (Å²) >= 11 is 0. The van der Waals surface area contributed by atoms with Gasteiger partial charge in [-0.1, -0.05) is 42.5 Å². The molecule has 2 N–H and O–H groups in total. The summed E-state index contributed by atoms with van der Waals surface area (Å²) in [7, 11) is 0. The molecule has 1 aromatic heterocycles. The lowest BCUT2D eigenvalue weighted by molar-refractivity contribution is 0.703. The van der Waals surface area contributed by atoms with Crippen molar-refractivity contribution in [3.63, 3.8) is 0 Å². The fourth-order valence-corrected chi connectivity index (χ4v) is 2.76. The van der Waals surface area contributed by atoms with Crippen LogP contribution in [0.25, 0.3) is 10.8 Å². The molecule has 3 aromatic rings. The SMILES string of the molecule is Cc1cc(C(N)Cc2cccc3ccccc23)c(C)nn1. The molecule has 0 saturated carbocycles. The van der Waals surface area contributed by atoms with Crippen molar-refractivity contribution < 1.29 is 0 Å². The second kappa shape index (κ2) is 5.62. The maximum atomic E-state index is 6.42. The molecule has 0 aliphatic carbocycles. The second-order valence-electron chi connectivity index (χ2n) is 5.48. The molecule has 3 heteroatoms. The number of nitrogens with two attached hydrogens (primary N) is 1. The van der Waals surface area contributed by atoms with E-state index in [-0.39, 0.29) is 6.04 Å². The molecule has 0 aliphatic rings. The van der Waals surface area contributed by atoms with E-state index in [0.29, 0.717) is 0 Å². The number of fused-ring (bicyclic) bond motifs is 1. The fourth-order valence-electron chi connectivity index (χ4n) is 2.76. The summed E-state index contributed by atoms with van der Waals surface area (Å²) in [5, 5.41) is 10.8. The Morgan fingerprint density at radius 1 is 1.00 bits per heavy atom. The van der Waals surface area contributed by atoms with Crippen LogP contribution < -0.4 is 5.73 Å². The van der Waals surface area contributed by atoms with Crippen LogP contribution >= 0.6 is 0 Å². The van der Waals surface area contributed by atoms with Gasteiger partial charge in [0.05, 0.1) is 11.4 Å². The van der Waals surface area contributed by atoms with Crippen molar-refractivity contribution in [3.05, 3.63) is 71.0 Å². The summed E-state index contributed by atoms with van der Waals surface area (Å²) < 4.78 is 0. The Kier molecular flexibility index (Phi) is 3.67. The van der Waals surface area contributed by atoms with Crippen LogP contribution in [0.5, 0.6) is 0 Å². The first-order valence-electron chi connectivity index (χ1n) is 7.18. The smallest absolute Gasteiger partial charge is 0.0648 e. The third-order valence-corrected chi connectivity index (χ3v) is 3.86. The summed E-state index contributed by atoms with van der Waals surface area (Å²) in [6, 6.07) is 16.8. The third-order valence-electron chi connectivity index (χ3n) is 3.86. The molecule has 0 spiro atoms. The minimum absolute atomic E-state index is 0.0648. The first-order valence-corrected chi connectivity index (χ1v) is 7.18. The van der Waals surface area contributed by atoms with Gasteiger partial charge in [-0.3, -0.25) is 0 Å². The fraction of sp³-hybridized carbons (Fsp3) is 0.222. The van der Waals surface area contributed by atoms with Gasteiger partial charge in [-0.25, -0.2) is 0 Å². The number of hydrogen-bond donors (Lipinski definition) is 1. The molecular weight excluding hydrogens is 258 g/mol. The summed E-state index contributed by atoms with van der Waals surface area (Å²) in [4.78, 5) is 0. The molecule has 106 valence electrons. The average Bonchev–Trinajstić information content (AvgIpc) is 2.50. The van der Waals surface area contributed by atoms with Crippen molar-refractivity contribution >= 4 is 10.8 Å². The molecule has 0 amide bonds. The van der Waals surface area contributed by atoms with Crippen LogP contribution in [0.4, 0.5) is 0 Å². The Balaban J connectivity index is 1.96. The van der Waals surface area contributed by atoms with Gasteiger partial charge in [-0.15, -0.1) is 0 Å². The highest BCUT2D eigenvalue weighted by Crippen LogP contribution is 2.24. The van der Waals surface area contributed by atoms with Crippen molar-refractivity contribution in [1.29, 1.82) is 0 Å². The second-order valence-corrected chi connectivity index (χ2v) is 5.48. The maximum absolute atomic E-state index is 6.42. The first-order chi connectivity index (χ1) is 10.1. The number of aromatic nitrogens is 2. The van der Waals surface area contributed by atoms with E-state index in [4.69, 9.17) is 5.73 Å². The molecule has 0 fully saturated rings. The lowest BCUT2D eigenvalue weighted by Gasteiger charge is -2.15. The Labute approximate surface area is 124 Å². The van der Waals surface area contributed by atoms with Gasteiger partial charge in [0, 0.05) is 6.04 Å².